The number of carboxylic acid groups (broad SMARTS) is 1. The average Bonchev–Trinajstić information content (AvgIpc) is 2.49. The maximum atomic E-state index is 10.7. The highest BCUT2D eigenvalue weighted by Gasteiger charge is 2.22. The van der Waals surface area contributed by atoms with Crippen LogP contribution in [0, 0.1) is 0 Å². The number of fused-ring (bicyclic) bond motifs is 1. The number of aromatic carboxylic acids is 1. The minimum Gasteiger partial charge on any atom is -0.476 e. The molecule has 6 heteroatoms. The molecule has 13 heavy (non-hydrogen) atoms. The number of nitrogens with zero attached hydrogens (tertiary/aromatic N) is 2. The van der Waals surface area contributed by atoms with Crippen molar-refractivity contribution in [1.82, 2.24) is 9.97 Å². The van der Waals surface area contributed by atoms with Crippen molar-refractivity contribution in [2.75, 3.05) is 5.73 Å². The number of anilines is 1. The molecule has 1 aromatic heterocycles. The second-order valence-corrected chi connectivity index (χ2v) is 2.65. The molecule has 0 aliphatic carbocycles. The molecule has 0 aromatic carbocycles. The number of ether oxygens (including phenoxy) is 1. The molecule has 0 atom stereocenters. The van der Waals surface area contributed by atoms with Crippen molar-refractivity contribution in [2.24, 2.45) is 0 Å². The van der Waals surface area contributed by atoms with Crippen molar-refractivity contribution in [3.05, 3.63) is 17.0 Å². The van der Waals surface area contributed by atoms with Crippen molar-refractivity contribution < 1.29 is 14.6 Å². The van der Waals surface area contributed by atoms with E-state index in [1.54, 1.807) is 0 Å². The highest BCUT2D eigenvalue weighted by atomic mass is 16.5. The first-order valence-electron chi connectivity index (χ1n) is 3.65. The van der Waals surface area contributed by atoms with E-state index >= 15 is 0 Å². The SMILES string of the molecule is Nc1nc2c(c(C(=O)O)n1)COC2. The van der Waals surface area contributed by atoms with Gasteiger partial charge < -0.3 is 15.6 Å². The molecular weight excluding hydrogens is 174 g/mol. The summed E-state index contributed by atoms with van der Waals surface area (Å²) in [6.45, 7) is 0.555. The molecule has 1 aliphatic rings. The highest BCUT2D eigenvalue weighted by molar-refractivity contribution is 5.87. The van der Waals surface area contributed by atoms with Crippen molar-refractivity contribution in [3.8, 4) is 0 Å². The Kier molecular flexibility index (Phi) is 1.63. The van der Waals surface area contributed by atoms with Crippen molar-refractivity contribution in [2.45, 2.75) is 13.2 Å². The van der Waals surface area contributed by atoms with Gasteiger partial charge >= 0.3 is 5.97 Å². The maximum Gasteiger partial charge on any atom is 0.355 e. The Balaban J connectivity index is 2.62. The molecule has 0 fully saturated rings. The normalized spacial score (nSPS) is 14.2. The number of aromatic nitrogens is 2. The van der Waals surface area contributed by atoms with Crippen LogP contribution in [0.25, 0.3) is 0 Å². The fourth-order valence-corrected chi connectivity index (χ4v) is 1.25. The minimum absolute atomic E-state index is 0.0262. The van der Waals surface area contributed by atoms with Crippen molar-refractivity contribution in [1.29, 1.82) is 0 Å². The third-order valence-corrected chi connectivity index (χ3v) is 1.80. The Bertz CT molecular complexity index is 377. The van der Waals surface area contributed by atoms with E-state index in [0.717, 1.165) is 0 Å². The average molecular weight is 181 g/mol. The third-order valence-electron chi connectivity index (χ3n) is 1.80. The Morgan fingerprint density at radius 2 is 2.23 bits per heavy atom. The van der Waals surface area contributed by atoms with E-state index in [1.165, 1.54) is 0 Å². The first kappa shape index (κ1) is 7.93. The van der Waals surface area contributed by atoms with E-state index in [1.807, 2.05) is 0 Å². The molecule has 0 radical (unpaired) electrons. The van der Waals surface area contributed by atoms with E-state index in [2.05, 4.69) is 9.97 Å². The number of hydrogen-bond acceptors (Lipinski definition) is 5. The van der Waals surface area contributed by atoms with E-state index in [9.17, 15) is 4.79 Å². The van der Waals surface area contributed by atoms with Gasteiger partial charge in [0.15, 0.2) is 5.69 Å². The Morgan fingerprint density at radius 1 is 1.46 bits per heavy atom. The van der Waals surface area contributed by atoms with Crippen LogP contribution >= 0.6 is 0 Å². The maximum absolute atomic E-state index is 10.7. The number of carbonyl (C=O) groups is 1. The molecule has 2 heterocycles. The summed E-state index contributed by atoms with van der Waals surface area (Å²) in [5, 5.41) is 8.77. The second-order valence-electron chi connectivity index (χ2n) is 2.65. The summed E-state index contributed by atoms with van der Waals surface area (Å²) in [6.07, 6.45) is 0. The topological polar surface area (TPSA) is 98.3 Å². The number of nitrogens with two attached hydrogens (primary N) is 1. The lowest BCUT2D eigenvalue weighted by Gasteiger charge is -2.01. The van der Waals surface area contributed by atoms with Crippen LogP contribution in [0.1, 0.15) is 21.7 Å². The summed E-state index contributed by atoms with van der Waals surface area (Å²) in [4.78, 5) is 18.2. The van der Waals surface area contributed by atoms with Gasteiger partial charge in [-0.3, -0.25) is 0 Å². The van der Waals surface area contributed by atoms with Gasteiger partial charge in [0.05, 0.1) is 18.9 Å². The third kappa shape index (κ3) is 1.20. The number of nitrogen functional groups attached to an aromatic ring is 1. The van der Waals surface area contributed by atoms with Crippen LogP contribution in [0.2, 0.25) is 0 Å². The molecule has 6 nitrogen and oxygen atoms in total. The van der Waals surface area contributed by atoms with Gasteiger partial charge in [-0.1, -0.05) is 0 Å². The van der Waals surface area contributed by atoms with Gasteiger partial charge in [0.1, 0.15) is 0 Å². The first-order chi connectivity index (χ1) is 6.18. The molecule has 0 bridgehead atoms. The summed E-state index contributed by atoms with van der Waals surface area (Å²) in [6, 6.07) is 0. The Labute approximate surface area is 73.4 Å². The second kappa shape index (κ2) is 2.67. The van der Waals surface area contributed by atoms with E-state index in [-0.39, 0.29) is 18.2 Å². The van der Waals surface area contributed by atoms with E-state index < -0.39 is 5.97 Å². The minimum atomic E-state index is -1.10. The van der Waals surface area contributed by atoms with Crippen LogP contribution in [0.5, 0.6) is 0 Å². The standard InChI is InChI=1S/C7H7N3O3/c8-7-9-4-2-13-1-3(4)5(10-7)6(11)12/h1-2H2,(H,11,12)(H2,8,9,10). The molecule has 0 amide bonds. The largest absolute Gasteiger partial charge is 0.476 e. The monoisotopic (exact) mass is 181 g/mol. The highest BCUT2D eigenvalue weighted by Crippen LogP contribution is 2.21. The van der Waals surface area contributed by atoms with Gasteiger partial charge in [-0.15, -0.1) is 0 Å². The van der Waals surface area contributed by atoms with Crippen molar-refractivity contribution in [3.63, 3.8) is 0 Å². The predicted molar refractivity (Wildman–Crippen MR) is 41.9 cm³/mol. The number of rotatable bonds is 1. The summed E-state index contributed by atoms with van der Waals surface area (Å²) in [5.74, 6) is -1.13. The lowest BCUT2D eigenvalue weighted by atomic mass is 10.2. The zero-order chi connectivity index (χ0) is 9.42. The summed E-state index contributed by atoms with van der Waals surface area (Å²) in [5.41, 5.74) is 6.38. The van der Waals surface area contributed by atoms with Gasteiger partial charge in [0, 0.05) is 5.56 Å². The van der Waals surface area contributed by atoms with Crippen LogP contribution in [0.15, 0.2) is 0 Å². The zero-order valence-electron chi connectivity index (χ0n) is 6.65. The van der Waals surface area contributed by atoms with Gasteiger partial charge in [0.25, 0.3) is 0 Å². The molecule has 1 aromatic rings. The summed E-state index contributed by atoms with van der Waals surface area (Å²) < 4.78 is 5.04. The molecular formula is C7H7N3O3. The molecule has 0 unspecified atom stereocenters. The fourth-order valence-electron chi connectivity index (χ4n) is 1.25. The molecule has 0 saturated heterocycles. The fraction of sp³-hybridized carbons (Fsp3) is 0.286. The van der Waals surface area contributed by atoms with E-state index in [0.29, 0.717) is 17.9 Å². The van der Waals surface area contributed by atoms with Crippen LogP contribution < -0.4 is 5.73 Å². The van der Waals surface area contributed by atoms with Gasteiger partial charge in [0.2, 0.25) is 5.95 Å². The lowest BCUT2D eigenvalue weighted by Crippen LogP contribution is -2.10. The van der Waals surface area contributed by atoms with Crippen LogP contribution in [0.4, 0.5) is 5.95 Å². The quantitative estimate of drug-likeness (QED) is 0.621. The van der Waals surface area contributed by atoms with Crippen molar-refractivity contribution >= 4 is 11.9 Å². The van der Waals surface area contributed by atoms with Crippen LogP contribution in [-0.4, -0.2) is 21.0 Å². The number of carboxylic acids is 1. The summed E-state index contributed by atoms with van der Waals surface area (Å²) >= 11 is 0. The van der Waals surface area contributed by atoms with Crippen LogP contribution in [-0.2, 0) is 18.0 Å². The van der Waals surface area contributed by atoms with Crippen LogP contribution in [0.3, 0.4) is 0 Å². The Morgan fingerprint density at radius 3 is 2.92 bits per heavy atom. The Hall–Kier alpha value is -1.69. The predicted octanol–water partition coefficient (Wildman–Crippen LogP) is -0.213. The van der Waals surface area contributed by atoms with E-state index in [4.69, 9.17) is 15.6 Å². The molecule has 0 spiro atoms. The lowest BCUT2D eigenvalue weighted by molar-refractivity contribution is 0.0685. The number of hydrogen-bond donors (Lipinski definition) is 2. The molecule has 68 valence electrons. The smallest absolute Gasteiger partial charge is 0.355 e. The molecule has 0 saturated carbocycles. The first-order valence-corrected chi connectivity index (χ1v) is 3.65. The zero-order valence-corrected chi connectivity index (χ0v) is 6.65. The molecule has 2 rings (SSSR count). The van der Waals surface area contributed by atoms with Gasteiger partial charge in [-0.05, 0) is 0 Å². The molecule has 3 N–H and O–H groups in total. The van der Waals surface area contributed by atoms with Gasteiger partial charge in [-0.25, -0.2) is 14.8 Å². The summed E-state index contributed by atoms with van der Waals surface area (Å²) in [7, 11) is 0. The van der Waals surface area contributed by atoms with Gasteiger partial charge in [-0.2, -0.15) is 0 Å². The molecule has 1 aliphatic heterocycles.